The highest BCUT2D eigenvalue weighted by molar-refractivity contribution is 5.87. The number of para-hydroxylation sites is 6. The smallest absolute Gasteiger partial charge is 0.196 e. The van der Waals surface area contributed by atoms with Gasteiger partial charge in [-0.1, -0.05) is 164 Å². The standard InChI is InChI=1S/C64H42N6O/c1-4-15-43(16-5-1)44-26-32-47(33-27-44)57-42-58(66-62(65-57)61-25-14-38-71-61)52-40-50(45-28-34-48(35-29-45)63-67-55-21-10-12-23-59(55)69(63)53-17-6-2-7-18-53)39-51(41-52)46-30-36-49(37-31-46)64-68-56-22-11-13-24-60(56)70(64)54-19-8-3-9-20-54/h1-42H. The van der Waals surface area contributed by atoms with Gasteiger partial charge in [0, 0.05) is 33.6 Å². The van der Waals surface area contributed by atoms with Crippen molar-refractivity contribution >= 4 is 22.1 Å². The van der Waals surface area contributed by atoms with E-state index < -0.39 is 0 Å². The Hall–Kier alpha value is -9.72. The maximum absolute atomic E-state index is 5.93. The van der Waals surface area contributed by atoms with Crippen LogP contribution in [0.2, 0.25) is 0 Å². The van der Waals surface area contributed by atoms with Gasteiger partial charge in [-0.15, -0.1) is 0 Å². The highest BCUT2D eigenvalue weighted by atomic mass is 16.3. The van der Waals surface area contributed by atoms with Crippen LogP contribution < -0.4 is 0 Å². The second kappa shape index (κ2) is 17.7. The van der Waals surface area contributed by atoms with E-state index in [2.05, 4.69) is 215 Å². The number of imidazole rings is 2. The highest BCUT2D eigenvalue weighted by Gasteiger charge is 2.19. The van der Waals surface area contributed by atoms with Crippen molar-refractivity contribution in [3.8, 4) is 102 Å². The van der Waals surface area contributed by atoms with Gasteiger partial charge in [-0.2, -0.15) is 0 Å². The molecule has 0 saturated heterocycles. The minimum Gasteiger partial charge on any atom is -0.461 e. The lowest BCUT2D eigenvalue weighted by Gasteiger charge is -2.14. The van der Waals surface area contributed by atoms with Gasteiger partial charge < -0.3 is 4.42 Å². The summed E-state index contributed by atoms with van der Waals surface area (Å²) in [6.07, 6.45) is 1.66. The van der Waals surface area contributed by atoms with E-state index in [1.165, 1.54) is 0 Å². The van der Waals surface area contributed by atoms with E-state index in [9.17, 15) is 0 Å². The first-order valence-corrected chi connectivity index (χ1v) is 23.7. The van der Waals surface area contributed by atoms with Crippen molar-refractivity contribution in [3.63, 3.8) is 0 Å². The molecule has 7 heteroatoms. The maximum atomic E-state index is 5.93. The maximum Gasteiger partial charge on any atom is 0.196 e. The van der Waals surface area contributed by atoms with Crippen LogP contribution in [0.5, 0.6) is 0 Å². The van der Waals surface area contributed by atoms with Crippen molar-refractivity contribution in [1.82, 2.24) is 29.1 Å². The number of nitrogens with zero attached hydrogens (tertiary/aromatic N) is 6. The van der Waals surface area contributed by atoms with E-state index in [4.69, 9.17) is 24.4 Å². The molecule has 4 heterocycles. The SMILES string of the molecule is c1ccc(-c2ccc(-c3cc(-c4cc(-c5ccc(-c6nc7ccccc7n6-c6ccccc6)cc5)cc(-c5ccc(-c6nc7ccccc7n6-c6ccccc6)cc5)c4)nc(-c4ccco4)n3)cc2)cc1. The predicted molar refractivity (Wildman–Crippen MR) is 287 cm³/mol. The molecule has 4 aromatic heterocycles. The van der Waals surface area contributed by atoms with Crippen molar-refractivity contribution in [1.29, 1.82) is 0 Å². The summed E-state index contributed by atoms with van der Waals surface area (Å²) < 4.78 is 10.4. The van der Waals surface area contributed by atoms with Gasteiger partial charge in [0.05, 0.1) is 39.7 Å². The van der Waals surface area contributed by atoms with Crippen LogP contribution in [0.3, 0.4) is 0 Å². The molecule has 7 nitrogen and oxygen atoms in total. The molecule has 0 N–H and O–H groups in total. The molecule has 9 aromatic carbocycles. The number of benzene rings is 9. The normalized spacial score (nSPS) is 11.4. The fourth-order valence-corrected chi connectivity index (χ4v) is 9.57. The summed E-state index contributed by atoms with van der Waals surface area (Å²) in [5, 5.41) is 0. The quantitative estimate of drug-likeness (QED) is 0.137. The predicted octanol–water partition coefficient (Wildman–Crippen LogP) is 16.1. The summed E-state index contributed by atoms with van der Waals surface area (Å²) in [5.41, 5.74) is 18.2. The third-order valence-electron chi connectivity index (χ3n) is 13.1. The molecular formula is C64H42N6O. The number of furan rings is 1. The molecule has 334 valence electrons. The van der Waals surface area contributed by atoms with Crippen LogP contribution in [0.4, 0.5) is 0 Å². The van der Waals surface area contributed by atoms with E-state index in [1.54, 1.807) is 6.26 Å². The summed E-state index contributed by atoms with van der Waals surface area (Å²) in [4.78, 5) is 20.6. The van der Waals surface area contributed by atoms with Gasteiger partial charge in [-0.3, -0.25) is 9.13 Å². The van der Waals surface area contributed by atoms with Crippen LogP contribution in [0.25, 0.3) is 124 Å². The number of aromatic nitrogens is 6. The molecule has 0 saturated carbocycles. The molecule has 0 aliphatic heterocycles. The Bertz CT molecular complexity index is 3810. The van der Waals surface area contributed by atoms with Crippen molar-refractivity contribution in [3.05, 3.63) is 255 Å². The summed E-state index contributed by atoms with van der Waals surface area (Å²) in [5.74, 6) is 2.88. The first kappa shape index (κ1) is 41.5. The zero-order valence-electron chi connectivity index (χ0n) is 38.3. The number of rotatable bonds is 10. The minimum atomic E-state index is 0.512. The van der Waals surface area contributed by atoms with Crippen LogP contribution >= 0.6 is 0 Å². The Kier molecular flexibility index (Phi) is 10.4. The van der Waals surface area contributed by atoms with E-state index >= 15 is 0 Å². The Morgan fingerprint density at radius 2 is 0.676 bits per heavy atom. The molecule has 0 amide bonds. The average molecular weight is 911 g/mol. The van der Waals surface area contributed by atoms with Crippen LogP contribution in [0.1, 0.15) is 0 Å². The Morgan fingerprint density at radius 1 is 0.282 bits per heavy atom. The molecule has 0 unspecified atom stereocenters. The lowest BCUT2D eigenvalue weighted by atomic mass is 9.93. The van der Waals surface area contributed by atoms with E-state index in [1.807, 2.05) is 42.5 Å². The van der Waals surface area contributed by atoms with Gasteiger partial charge in [0.2, 0.25) is 0 Å². The van der Waals surface area contributed by atoms with Crippen LogP contribution in [-0.4, -0.2) is 29.1 Å². The Balaban J connectivity index is 0.944. The second-order valence-corrected chi connectivity index (χ2v) is 17.5. The summed E-state index contributed by atoms with van der Waals surface area (Å²) in [6.45, 7) is 0. The van der Waals surface area contributed by atoms with E-state index in [0.717, 1.165) is 112 Å². The number of hydrogen-bond donors (Lipinski definition) is 0. The van der Waals surface area contributed by atoms with E-state index in [0.29, 0.717) is 11.6 Å². The molecule has 0 bridgehead atoms. The molecule has 71 heavy (non-hydrogen) atoms. The molecule has 0 spiro atoms. The third-order valence-corrected chi connectivity index (χ3v) is 13.1. The molecule has 13 rings (SSSR count). The summed E-state index contributed by atoms with van der Waals surface area (Å²) >= 11 is 0. The van der Waals surface area contributed by atoms with Crippen molar-refractivity contribution in [2.45, 2.75) is 0 Å². The third kappa shape index (κ3) is 7.87. The van der Waals surface area contributed by atoms with Gasteiger partial charge >= 0.3 is 0 Å². The molecule has 0 radical (unpaired) electrons. The first-order valence-electron chi connectivity index (χ1n) is 23.7. The van der Waals surface area contributed by atoms with Crippen molar-refractivity contribution < 1.29 is 4.42 Å². The van der Waals surface area contributed by atoms with Gasteiger partial charge in [0.25, 0.3) is 0 Å². The minimum absolute atomic E-state index is 0.512. The fraction of sp³-hybridized carbons (Fsp3) is 0. The zero-order chi connectivity index (χ0) is 47.1. The molecule has 0 aliphatic rings. The van der Waals surface area contributed by atoms with Crippen molar-refractivity contribution in [2.24, 2.45) is 0 Å². The monoisotopic (exact) mass is 910 g/mol. The topological polar surface area (TPSA) is 74.6 Å². The van der Waals surface area contributed by atoms with Gasteiger partial charge in [-0.25, -0.2) is 19.9 Å². The highest BCUT2D eigenvalue weighted by Crippen LogP contribution is 2.38. The molecule has 0 atom stereocenters. The van der Waals surface area contributed by atoms with E-state index in [-0.39, 0.29) is 0 Å². The van der Waals surface area contributed by atoms with Crippen molar-refractivity contribution in [2.75, 3.05) is 0 Å². The molecule has 0 fully saturated rings. The number of hydrogen-bond acceptors (Lipinski definition) is 5. The largest absolute Gasteiger partial charge is 0.461 e. The molecular weight excluding hydrogens is 869 g/mol. The van der Waals surface area contributed by atoms with Crippen LogP contribution in [0.15, 0.2) is 259 Å². The second-order valence-electron chi connectivity index (χ2n) is 17.5. The van der Waals surface area contributed by atoms with Gasteiger partial charge in [0.1, 0.15) is 11.6 Å². The summed E-state index contributed by atoms with van der Waals surface area (Å²) in [6, 6.07) is 86.5. The van der Waals surface area contributed by atoms with Gasteiger partial charge in [-0.05, 0) is 118 Å². The first-order chi connectivity index (χ1) is 35.2. The Morgan fingerprint density at radius 3 is 1.17 bits per heavy atom. The average Bonchev–Trinajstić information content (AvgIpc) is 4.23. The molecule has 13 aromatic rings. The number of fused-ring (bicyclic) bond motifs is 2. The zero-order valence-corrected chi connectivity index (χ0v) is 38.3. The Labute approximate surface area is 410 Å². The molecule has 0 aliphatic carbocycles. The summed E-state index contributed by atoms with van der Waals surface area (Å²) in [7, 11) is 0. The lowest BCUT2D eigenvalue weighted by Crippen LogP contribution is -1.97. The van der Waals surface area contributed by atoms with Crippen LogP contribution in [-0.2, 0) is 0 Å². The lowest BCUT2D eigenvalue weighted by molar-refractivity contribution is 0.577. The van der Waals surface area contributed by atoms with Crippen LogP contribution in [0, 0.1) is 0 Å². The van der Waals surface area contributed by atoms with Gasteiger partial charge in [0.15, 0.2) is 11.6 Å². The fourth-order valence-electron chi connectivity index (χ4n) is 9.57.